The van der Waals surface area contributed by atoms with Gasteiger partial charge in [0.2, 0.25) is 0 Å². The maximum Gasteiger partial charge on any atom is 0.164 e. The predicted molar refractivity (Wildman–Crippen MR) is 248 cm³/mol. The fourth-order valence-corrected chi connectivity index (χ4v) is 8.62. The first-order valence-electron chi connectivity index (χ1n) is 20.3. The number of fused-ring (bicyclic) bond motifs is 7. The highest BCUT2D eigenvalue weighted by Crippen LogP contribution is 2.47. The van der Waals surface area contributed by atoms with Crippen LogP contribution in [0.5, 0.6) is 0 Å². The zero-order valence-corrected chi connectivity index (χ0v) is 32.7. The smallest absolute Gasteiger partial charge is 0.164 e. The Kier molecular flexibility index (Phi) is 8.06. The normalized spacial score (nSPS) is 11.6. The largest absolute Gasteiger partial charge is 0.456 e. The summed E-state index contributed by atoms with van der Waals surface area (Å²) in [6.45, 7) is 0. The molecule has 0 aliphatic rings. The van der Waals surface area contributed by atoms with E-state index >= 15 is 0 Å². The Labute approximate surface area is 350 Å². The molecule has 9 aromatic carbocycles. The van der Waals surface area contributed by atoms with Gasteiger partial charge in [0.15, 0.2) is 17.5 Å². The Hall–Kier alpha value is -8.35. The van der Waals surface area contributed by atoms with Crippen molar-refractivity contribution in [3.63, 3.8) is 0 Å². The number of rotatable bonds is 7. The van der Waals surface area contributed by atoms with E-state index in [1.807, 2.05) is 72.8 Å². The molecule has 286 valence electrons. The lowest BCUT2D eigenvalue weighted by Gasteiger charge is -2.27. The van der Waals surface area contributed by atoms with E-state index in [2.05, 4.69) is 138 Å². The molecule has 0 radical (unpaired) electrons. The van der Waals surface area contributed by atoms with Gasteiger partial charge in [-0.3, -0.25) is 0 Å². The van der Waals surface area contributed by atoms with Crippen LogP contribution in [0.25, 0.3) is 99.9 Å². The maximum atomic E-state index is 6.76. The third-order valence-corrected chi connectivity index (χ3v) is 11.5. The summed E-state index contributed by atoms with van der Waals surface area (Å²) in [6, 6.07) is 71.0. The van der Waals surface area contributed by atoms with Crippen LogP contribution < -0.4 is 4.90 Å². The molecule has 61 heavy (non-hydrogen) atoms. The van der Waals surface area contributed by atoms with E-state index in [-0.39, 0.29) is 0 Å². The van der Waals surface area contributed by atoms with Gasteiger partial charge in [0.1, 0.15) is 22.3 Å². The average molecular weight is 783 g/mol. The van der Waals surface area contributed by atoms with E-state index in [4.69, 9.17) is 23.8 Å². The van der Waals surface area contributed by atoms with Crippen LogP contribution in [-0.2, 0) is 0 Å². The molecule has 0 aliphatic carbocycles. The molecular weight excluding hydrogens is 749 g/mol. The van der Waals surface area contributed by atoms with Crippen molar-refractivity contribution < 1.29 is 8.83 Å². The van der Waals surface area contributed by atoms with Crippen molar-refractivity contribution in [2.45, 2.75) is 0 Å². The Morgan fingerprint density at radius 3 is 1.64 bits per heavy atom. The van der Waals surface area contributed by atoms with Crippen LogP contribution in [0.4, 0.5) is 17.1 Å². The van der Waals surface area contributed by atoms with Crippen LogP contribution in [0.3, 0.4) is 0 Å². The number of furan rings is 2. The summed E-state index contributed by atoms with van der Waals surface area (Å²) in [4.78, 5) is 18.0. The third-order valence-electron chi connectivity index (χ3n) is 11.5. The van der Waals surface area contributed by atoms with Gasteiger partial charge in [0.25, 0.3) is 0 Å². The number of hydrogen-bond acceptors (Lipinski definition) is 6. The molecule has 3 aromatic heterocycles. The van der Waals surface area contributed by atoms with Gasteiger partial charge in [0, 0.05) is 44.6 Å². The second-order valence-electron chi connectivity index (χ2n) is 15.2. The maximum absolute atomic E-state index is 6.76. The first kappa shape index (κ1) is 34.7. The number of para-hydroxylation sites is 2. The van der Waals surface area contributed by atoms with Gasteiger partial charge < -0.3 is 13.7 Å². The zero-order chi connectivity index (χ0) is 40.3. The monoisotopic (exact) mass is 782 g/mol. The van der Waals surface area contributed by atoms with Crippen molar-refractivity contribution in [3.8, 4) is 45.3 Å². The summed E-state index contributed by atoms with van der Waals surface area (Å²) >= 11 is 0. The summed E-state index contributed by atoms with van der Waals surface area (Å²) in [5.41, 5.74) is 10.9. The van der Waals surface area contributed by atoms with Gasteiger partial charge in [-0.1, -0.05) is 152 Å². The van der Waals surface area contributed by atoms with Crippen molar-refractivity contribution >= 4 is 71.7 Å². The summed E-state index contributed by atoms with van der Waals surface area (Å²) in [7, 11) is 0. The molecular formula is C55H34N4O2. The van der Waals surface area contributed by atoms with Crippen molar-refractivity contribution in [1.82, 2.24) is 15.0 Å². The Morgan fingerprint density at radius 1 is 0.328 bits per heavy atom. The van der Waals surface area contributed by atoms with Crippen LogP contribution in [-0.4, -0.2) is 15.0 Å². The van der Waals surface area contributed by atoms with Crippen molar-refractivity contribution in [1.29, 1.82) is 0 Å². The standard InChI is InChI=1S/C55H34N4O2/c1-3-14-35(15-4-1)37-28-30-41(31-29-37)59(46-22-13-25-49-52(46)44-21-10-12-24-48(44)60-49)42-33-45(51-43-20-9-11-23-47(43)61-50(51)34-42)55-57-53(38-17-5-2-6-18-38)56-54(58-55)40-27-26-36-16-7-8-19-39(36)32-40/h1-34H. The van der Waals surface area contributed by atoms with E-state index in [0.717, 1.165) is 99.5 Å². The molecule has 0 fully saturated rings. The van der Waals surface area contributed by atoms with Crippen LogP contribution in [0.2, 0.25) is 0 Å². The fourth-order valence-electron chi connectivity index (χ4n) is 8.62. The van der Waals surface area contributed by atoms with Gasteiger partial charge in [-0.15, -0.1) is 0 Å². The molecule has 0 bridgehead atoms. The Balaban J connectivity index is 1.14. The molecule has 0 unspecified atom stereocenters. The molecule has 6 nitrogen and oxygen atoms in total. The molecule has 12 aromatic rings. The summed E-state index contributed by atoms with van der Waals surface area (Å²) in [5, 5.41) is 6.23. The Bertz CT molecular complexity index is 3590. The van der Waals surface area contributed by atoms with Crippen LogP contribution in [0, 0.1) is 0 Å². The lowest BCUT2D eigenvalue weighted by molar-refractivity contribution is 0.669. The second kappa shape index (κ2) is 14.2. The van der Waals surface area contributed by atoms with Crippen molar-refractivity contribution in [2.75, 3.05) is 4.90 Å². The number of aromatic nitrogens is 3. The summed E-state index contributed by atoms with van der Waals surface area (Å²) in [5.74, 6) is 1.72. The van der Waals surface area contributed by atoms with Gasteiger partial charge in [-0.25, -0.2) is 15.0 Å². The average Bonchev–Trinajstić information content (AvgIpc) is 3.91. The first-order valence-corrected chi connectivity index (χ1v) is 20.3. The van der Waals surface area contributed by atoms with E-state index in [9.17, 15) is 0 Å². The molecule has 0 saturated carbocycles. The molecule has 0 aliphatic heterocycles. The highest BCUT2D eigenvalue weighted by atomic mass is 16.3. The van der Waals surface area contributed by atoms with Crippen molar-refractivity contribution in [3.05, 3.63) is 206 Å². The zero-order valence-electron chi connectivity index (χ0n) is 32.7. The molecule has 0 atom stereocenters. The molecule has 0 spiro atoms. The van der Waals surface area contributed by atoms with Gasteiger partial charge in [-0.05, 0) is 70.4 Å². The number of anilines is 3. The lowest BCUT2D eigenvalue weighted by Crippen LogP contribution is -2.11. The summed E-state index contributed by atoms with van der Waals surface area (Å²) in [6.07, 6.45) is 0. The number of hydrogen-bond donors (Lipinski definition) is 0. The minimum absolute atomic E-state index is 0.543. The molecule has 0 N–H and O–H groups in total. The summed E-state index contributed by atoms with van der Waals surface area (Å²) < 4.78 is 13.2. The lowest BCUT2D eigenvalue weighted by atomic mass is 10.0. The van der Waals surface area contributed by atoms with E-state index < -0.39 is 0 Å². The van der Waals surface area contributed by atoms with Gasteiger partial charge in [-0.2, -0.15) is 0 Å². The molecule has 0 saturated heterocycles. The molecule has 6 heteroatoms. The predicted octanol–water partition coefficient (Wildman–Crippen LogP) is 15.0. The minimum atomic E-state index is 0.543. The molecule has 12 rings (SSSR count). The molecule has 3 heterocycles. The topological polar surface area (TPSA) is 68.2 Å². The number of nitrogens with zero attached hydrogens (tertiary/aromatic N) is 4. The number of benzene rings is 9. The minimum Gasteiger partial charge on any atom is -0.456 e. The second-order valence-corrected chi connectivity index (χ2v) is 15.2. The van der Waals surface area contributed by atoms with E-state index in [1.54, 1.807) is 0 Å². The Morgan fingerprint density at radius 2 is 0.885 bits per heavy atom. The highest BCUT2D eigenvalue weighted by Gasteiger charge is 2.24. The SMILES string of the molecule is c1ccc(-c2ccc(N(c3cc(-c4nc(-c5ccccc5)nc(-c5ccc6ccccc6c5)n4)c4c(c3)oc3ccccc34)c3cccc4oc5ccccc5c34)cc2)cc1. The third kappa shape index (κ3) is 6.00. The van der Waals surface area contributed by atoms with Crippen LogP contribution in [0.15, 0.2) is 215 Å². The van der Waals surface area contributed by atoms with E-state index in [1.165, 1.54) is 0 Å². The van der Waals surface area contributed by atoms with Gasteiger partial charge >= 0.3 is 0 Å². The van der Waals surface area contributed by atoms with Crippen molar-refractivity contribution in [2.24, 2.45) is 0 Å². The highest BCUT2D eigenvalue weighted by molar-refractivity contribution is 6.16. The van der Waals surface area contributed by atoms with Crippen LogP contribution >= 0.6 is 0 Å². The molecule has 0 amide bonds. The van der Waals surface area contributed by atoms with Gasteiger partial charge in [0.05, 0.1) is 16.8 Å². The van der Waals surface area contributed by atoms with E-state index in [0.29, 0.717) is 17.5 Å². The first-order chi connectivity index (χ1) is 30.2. The van der Waals surface area contributed by atoms with Crippen LogP contribution in [0.1, 0.15) is 0 Å². The quantitative estimate of drug-likeness (QED) is 0.160. The fraction of sp³-hybridized carbons (Fsp3) is 0.